The van der Waals surface area contributed by atoms with E-state index in [0.29, 0.717) is 17.7 Å². The Morgan fingerprint density at radius 1 is 1.57 bits per heavy atom. The van der Waals surface area contributed by atoms with Crippen molar-refractivity contribution in [3.8, 4) is 5.75 Å². The van der Waals surface area contributed by atoms with Crippen LogP contribution in [-0.2, 0) is 0 Å². The molecule has 3 N–H and O–H groups in total. The molecule has 1 aromatic rings. The van der Waals surface area contributed by atoms with Crippen LogP contribution in [0.5, 0.6) is 5.75 Å². The Kier molecular flexibility index (Phi) is 3.85. The minimum atomic E-state index is -0.467. The molecular weight excluding hydrogens is 185 g/mol. The van der Waals surface area contributed by atoms with Crippen LogP contribution in [0.4, 0.5) is 4.39 Å². The molecule has 0 spiro atoms. The fraction of sp³-hybridized carbons (Fsp3) is 0.400. The monoisotopic (exact) mass is 199 g/mol. The quantitative estimate of drug-likeness (QED) is 0.766. The van der Waals surface area contributed by atoms with Gasteiger partial charge in [-0.15, -0.1) is 0 Å². The maximum atomic E-state index is 13.4. The maximum absolute atomic E-state index is 13.4. The van der Waals surface area contributed by atoms with Gasteiger partial charge in [-0.25, -0.2) is 4.39 Å². The molecule has 0 saturated carbocycles. The third kappa shape index (κ3) is 2.43. The molecule has 1 unspecified atom stereocenters. The summed E-state index contributed by atoms with van der Waals surface area (Å²) in [7, 11) is 1.47. The van der Waals surface area contributed by atoms with E-state index in [2.05, 4.69) is 0 Å². The van der Waals surface area contributed by atoms with Gasteiger partial charge in [0.15, 0.2) is 0 Å². The number of hydrogen-bond acceptors (Lipinski definition) is 3. The van der Waals surface area contributed by atoms with E-state index >= 15 is 0 Å². The molecule has 4 heteroatoms. The van der Waals surface area contributed by atoms with E-state index in [9.17, 15) is 4.39 Å². The first kappa shape index (κ1) is 10.9. The number of aliphatic hydroxyl groups is 1. The fourth-order valence-corrected chi connectivity index (χ4v) is 1.23. The largest absolute Gasteiger partial charge is 0.497 e. The van der Waals surface area contributed by atoms with E-state index in [1.54, 1.807) is 12.1 Å². The summed E-state index contributed by atoms with van der Waals surface area (Å²) in [5.74, 6) is 0.0627. The Bertz CT molecular complexity index is 304. The Morgan fingerprint density at radius 2 is 2.29 bits per heavy atom. The summed E-state index contributed by atoms with van der Waals surface area (Å²) in [6, 6.07) is 4.04. The van der Waals surface area contributed by atoms with Crippen molar-refractivity contribution in [2.75, 3.05) is 13.7 Å². The van der Waals surface area contributed by atoms with E-state index < -0.39 is 11.9 Å². The predicted octanol–water partition coefficient (Wildman–Crippen LogP) is 1.22. The number of methoxy groups -OCH3 is 1. The lowest BCUT2D eigenvalue weighted by molar-refractivity contribution is 0.275. The number of rotatable bonds is 4. The molecule has 1 rings (SSSR count). The zero-order valence-electron chi connectivity index (χ0n) is 8.03. The summed E-state index contributed by atoms with van der Waals surface area (Å²) >= 11 is 0. The topological polar surface area (TPSA) is 55.5 Å². The van der Waals surface area contributed by atoms with Gasteiger partial charge in [-0.3, -0.25) is 0 Å². The average Bonchev–Trinajstić information content (AvgIpc) is 2.17. The molecule has 0 heterocycles. The first-order valence-corrected chi connectivity index (χ1v) is 4.39. The Hall–Kier alpha value is -1.13. The number of halogens is 1. The van der Waals surface area contributed by atoms with Gasteiger partial charge in [-0.05, 0) is 12.5 Å². The first-order valence-electron chi connectivity index (χ1n) is 4.39. The smallest absolute Gasteiger partial charge is 0.131 e. The fourth-order valence-electron chi connectivity index (χ4n) is 1.23. The summed E-state index contributed by atoms with van der Waals surface area (Å²) < 4.78 is 18.2. The normalized spacial score (nSPS) is 12.6. The van der Waals surface area contributed by atoms with Gasteiger partial charge in [0.25, 0.3) is 0 Å². The van der Waals surface area contributed by atoms with Crippen molar-refractivity contribution in [3.05, 3.63) is 29.6 Å². The maximum Gasteiger partial charge on any atom is 0.131 e. The molecule has 1 atom stereocenters. The zero-order valence-corrected chi connectivity index (χ0v) is 8.03. The van der Waals surface area contributed by atoms with E-state index in [1.807, 2.05) is 0 Å². The highest BCUT2D eigenvalue weighted by Crippen LogP contribution is 2.21. The Labute approximate surface area is 82.3 Å². The van der Waals surface area contributed by atoms with Gasteiger partial charge in [-0.2, -0.15) is 0 Å². The van der Waals surface area contributed by atoms with Gasteiger partial charge in [0.2, 0.25) is 0 Å². The lowest BCUT2D eigenvalue weighted by Crippen LogP contribution is -2.13. The van der Waals surface area contributed by atoms with Crippen LogP contribution in [0.1, 0.15) is 18.0 Å². The zero-order chi connectivity index (χ0) is 10.6. The van der Waals surface area contributed by atoms with E-state index in [-0.39, 0.29) is 6.61 Å². The Balaban J connectivity index is 2.88. The van der Waals surface area contributed by atoms with Crippen LogP contribution in [-0.4, -0.2) is 18.8 Å². The predicted molar refractivity (Wildman–Crippen MR) is 51.6 cm³/mol. The van der Waals surface area contributed by atoms with Crippen LogP contribution in [0.25, 0.3) is 0 Å². The molecule has 3 nitrogen and oxygen atoms in total. The molecule has 0 aromatic heterocycles. The van der Waals surface area contributed by atoms with Gasteiger partial charge in [0.05, 0.1) is 7.11 Å². The molecule has 0 aliphatic carbocycles. The van der Waals surface area contributed by atoms with Crippen LogP contribution >= 0.6 is 0 Å². The van der Waals surface area contributed by atoms with Crippen molar-refractivity contribution < 1.29 is 14.2 Å². The highest BCUT2D eigenvalue weighted by molar-refractivity contribution is 5.30. The highest BCUT2D eigenvalue weighted by Gasteiger charge is 2.11. The number of hydrogen-bond donors (Lipinski definition) is 2. The molecule has 0 amide bonds. The van der Waals surface area contributed by atoms with E-state index in [4.69, 9.17) is 15.6 Å². The van der Waals surface area contributed by atoms with Crippen LogP contribution < -0.4 is 10.5 Å². The number of ether oxygens (including phenoxy) is 1. The average molecular weight is 199 g/mol. The molecule has 1 aromatic carbocycles. The molecule has 0 radical (unpaired) electrons. The van der Waals surface area contributed by atoms with Crippen molar-refractivity contribution in [1.29, 1.82) is 0 Å². The third-order valence-corrected chi connectivity index (χ3v) is 2.05. The summed E-state index contributed by atoms with van der Waals surface area (Å²) in [6.07, 6.45) is 0.350. The first-order chi connectivity index (χ1) is 6.69. The van der Waals surface area contributed by atoms with Crippen molar-refractivity contribution in [2.45, 2.75) is 12.5 Å². The molecule has 14 heavy (non-hydrogen) atoms. The molecule has 0 saturated heterocycles. The van der Waals surface area contributed by atoms with Crippen molar-refractivity contribution in [1.82, 2.24) is 0 Å². The lowest BCUT2D eigenvalue weighted by Gasteiger charge is -2.12. The SMILES string of the molecule is COc1ccc(C(N)CCO)c(F)c1. The second kappa shape index (κ2) is 4.93. The van der Waals surface area contributed by atoms with Crippen LogP contribution in [0, 0.1) is 5.82 Å². The van der Waals surface area contributed by atoms with Crippen LogP contribution in [0.3, 0.4) is 0 Å². The second-order valence-electron chi connectivity index (χ2n) is 3.01. The number of aliphatic hydroxyl groups excluding tert-OH is 1. The minimum absolute atomic E-state index is 0.0490. The molecule has 78 valence electrons. The van der Waals surface area contributed by atoms with Crippen molar-refractivity contribution >= 4 is 0 Å². The molecule has 0 bridgehead atoms. The number of benzene rings is 1. The van der Waals surface area contributed by atoms with Gasteiger partial charge in [0, 0.05) is 24.3 Å². The third-order valence-electron chi connectivity index (χ3n) is 2.05. The molecular formula is C10H14FNO2. The second-order valence-corrected chi connectivity index (χ2v) is 3.01. The minimum Gasteiger partial charge on any atom is -0.497 e. The molecule has 0 aliphatic heterocycles. The summed E-state index contributed by atoms with van der Waals surface area (Å²) in [6.45, 7) is -0.0490. The molecule has 0 aliphatic rings. The lowest BCUT2D eigenvalue weighted by atomic mass is 10.0. The van der Waals surface area contributed by atoms with E-state index in [0.717, 1.165) is 0 Å². The van der Waals surface area contributed by atoms with Gasteiger partial charge in [0.1, 0.15) is 11.6 Å². The van der Waals surface area contributed by atoms with Gasteiger partial charge >= 0.3 is 0 Å². The summed E-state index contributed by atoms with van der Waals surface area (Å²) in [5, 5.41) is 8.66. The van der Waals surface area contributed by atoms with Crippen molar-refractivity contribution in [3.63, 3.8) is 0 Å². The van der Waals surface area contributed by atoms with Gasteiger partial charge in [-0.1, -0.05) is 6.07 Å². The standard InChI is InChI=1S/C10H14FNO2/c1-14-7-2-3-8(9(11)6-7)10(12)4-5-13/h2-3,6,10,13H,4-5,12H2,1H3. The van der Waals surface area contributed by atoms with E-state index in [1.165, 1.54) is 13.2 Å². The number of nitrogens with two attached hydrogens (primary N) is 1. The van der Waals surface area contributed by atoms with Gasteiger partial charge < -0.3 is 15.6 Å². The van der Waals surface area contributed by atoms with Crippen LogP contribution in [0.15, 0.2) is 18.2 Å². The Morgan fingerprint density at radius 3 is 2.79 bits per heavy atom. The van der Waals surface area contributed by atoms with Crippen LogP contribution in [0.2, 0.25) is 0 Å². The summed E-state index contributed by atoms with van der Waals surface area (Å²) in [4.78, 5) is 0. The highest BCUT2D eigenvalue weighted by atomic mass is 19.1. The molecule has 0 fully saturated rings. The van der Waals surface area contributed by atoms with Crippen molar-refractivity contribution in [2.24, 2.45) is 5.73 Å². The summed E-state index contributed by atoms with van der Waals surface area (Å²) in [5.41, 5.74) is 6.06.